The third-order valence-corrected chi connectivity index (χ3v) is 6.18. The number of aromatic nitrogens is 4. The summed E-state index contributed by atoms with van der Waals surface area (Å²) in [5.74, 6) is -0.687. The van der Waals surface area contributed by atoms with Crippen molar-refractivity contribution < 1.29 is 14.3 Å². The minimum atomic E-state index is -0.470. The number of fused-ring (bicyclic) bond motifs is 4. The summed E-state index contributed by atoms with van der Waals surface area (Å²) in [4.78, 5) is 31.9. The quantitative estimate of drug-likeness (QED) is 0.466. The van der Waals surface area contributed by atoms with Gasteiger partial charge in [-0.1, -0.05) is 37.3 Å². The molecule has 0 saturated heterocycles. The highest BCUT2D eigenvalue weighted by molar-refractivity contribution is 6.18. The van der Waals surface area contributed by atoms with Crippen LogP contribution in [0, 0.1) is 0 Å². The van der Waals surface area contributed by atoms with Gasteiger partial charge in [-0.15, -0.1) is 5.10 Å². The highest BCUT2D eigenvalue weighted by atomic mass is 16.5. The van der Waals surface area contributed by atoms with E-state index in [9.17, 15) is 9.59 Å². The number of carbonyl (C=O) groups excluding carboxylic acids is 2. The summed E-state index contributed by atoms with van der Waals surface area (Å²) in [6, 6.07) is 13.3. The first-order valence-corrected chi connectivity index (χ1v) is 11.3. The number of esters is 1. The number of hydrogen-bond acceptors (Lipinski definition) is 5. The van der Waals surface area contributed by atoms with Crippen molar-refractivity contribution in [2.45, 2.75) is 39.2 Å². The van der Waals surface area contributed by atoms with Crippen LogP contribution in [0.1, 0.15) is 49.3 Å². The van der Waals surface area contributed by atoms with Gasteiger partial charge in [-0.3, -0.25) is 4.79 Å². The zero-order chi connectivity index (χ0) is 24.2. The normalized spacial score (nSPS) is 15.4. The smallest absolute Gasteiger partial charge is 0.342 e. The van der Waals surface area contributed by atoms with Gasteiger partial charge in [0.2, 0.25) is 0 Å². The number of rotatable bonds is 3. The topological polar surface area (TPSA) is 93.1 Å². The second-order valence-corrected chi connectivity index (χ2v) is 9.65. The van der Waals surface area contributed by atoms with Gasteiger partial charge in [0.15, 0.2) is 0 Å². The van der Waals surface area contributed by atoms with E-state index < -0.39 is 11.4 Å². The second kappa shape index (κ2) is 7.83. The largest absolute Gasteiger partial charge is 0.459 e. The molecule has 0 unspecified atom stereocenters. The highest BCUT2D eigenvalue weighted by Gasteiger charge is 2.37. The standard InChI is InChI=1S/C26H27N5O3/c1-15(2)34-25(33)18-13-31(24(32)16-10-11-21-20(12-16)28-29-30(21)5)14-26(3,4)22-17-8-6-7-9-19(17)27-23(18)22/h6-13,15,27H,14H2,1-5H3. The Morgan fingerprint density at radius 1 is 1.15 bits per heavy atom. The predicted molar refractivity (Wildman–Crippen MR) is 130 cm³/mol. The summed E-state index contributed by atoms with van der Waals surface area (Å²) < 4.78 is 7.24. The summed E-state index contributed by atoms with van der Waals surface area (Å²) in [5, 5.41) is 9.19. The molecule has 0 radical (unpaired) electrons. The number of nitrogens with one attached hydrogen (secondary N) is 1. The third kappa shape index (κ3) is 3.55. The van der Waals surface area contributed by atoms with Crippen LogP contribution in [0.4, 0.5) is 0 Å². The number of benzene rings is 2. The second-order valence-electron chi connectivity index (χ2n) is 9.65. The van der Waals surface area contributed by atoms with Crippen molar-refractivity contribution in [1.82, 2.24) is 24.9 Å². The lowest BCUT2D eigenvalue weighted by Crippen LogP contribution is -2.37. The fraction of sp³-hybridized carbons (Fsp3) is 0.308. The van der Waals surface area contributed by atoms with E-state index in [1.807, 2.05) is 51.2 Å². The molecular formula is C26H27N5O3. The maximum absolute atomic E-state index is 13.7. The van der Waals surface area contributed by atoms with E-state index in [2.05, 4.69) is 29.1 Å². The van der Waals surface area contributed by atoms with Crippen LogP contribution in [0.3, 0.4) is 0 Å². The molecule has 174 valence electrons. The van der Waals surface area contributed by atoms with E-state index in [1.165, 1.54) is 0 Å². The molecule has 1 aliphatic heterocycles. The van der Waals surface area contributed by atoms with Crippen LogP contribution < -0.4 is 0 Å². The molecule has 0 saturated carbocycles. The van der Waals surface area contributed by atoms with Crippen LogP contribution in [-0.4, -0.2) is 49.4 Å². The van der Waals surface area contributed by atoms with E-state index in [0.717, 1.165) is 22.0 Å². The van der Waals surface area contributed by atoms with Gasteiger partial charge >= 0.3 is 5.97 Å². The fourth-order valence-electron chi connectivity index (χ4n) is 4.72. The molecule has 1 amide bonds. The molecule has 0 bridgehead atoms. The summed E-state index contributed by atoms with van der Waals surface area (Å²) in [7, 11) is 1.81. The first-order chi connectivity index (χ1) is 16.2. The maximum atomic E-state index is 13.7. The molecular weight excluding hydrogens is 430 g/mol. The van der Waals surface area contributed by atoms with Gasteiger partial charge in [0.1, 0.15) is 5.52 Å². The number of hydrogen-bond donors (Lipinski definition) is 1. The van der Waals surface area contributed by atoms with Crippen LogP contribution in [-0.2, 0) is 22.0 Å². The van der Waals surface area contributed by atoms with E-state index in [1.54, 1.807) is 27.9 Å². The Kier molecular flexibility index (Phi) is 5.04. The molecule has 1 aliphatic rings. The average molecular weight is 458 g/mol. The van der Waals surface area contributed by atoms with Crippen molar-refractivity contribution in [3.05, 3.63) is 65.5 Å². The summed E-state index contributed by atoms with van der Waals surface area (Å²) in [6.07, 6.45) is 1.33. The Bertz CT molecular complexity index is 1470. The van der Waals surface area contributed by atoms with E-state index >= 15 is 0 Å². The molecule has 5 rings (SSSR count). The monoisotopic (exact) mass is 457 g/mol. The molecule has 0 atom stereocenters. The Labute approximate surface area is 197 Å². The number of carbonyl (C=O) groups is 2. The minimum Gasteiger partial charge on any atom is -0.459 e. The predicted octanol–water partition coefficient (Wildman–Crippen LogP) is 4.18. The van der Waals surface area contributed by atoms with Gasteiger partial charge in [0.05, 0.1) is 22.9 Å². The molecule has 8 heteroatoms. The fourth-order valence-corrected chi connectivity index (χ4v) is 4.72. The number of amides is 1. The molecule has 4 aromatic rings. The number of para-hydroxylation sites is 1. The average Bonchev–Trinajstić information content (AvgIpc) is 3.33. The van der Waals surface area contributed by atoms with E-state index in [0.29, 0.717) is 28.9 Å². The van der Waals surface area contributed by atoms with Crippen molar-refractivity contribution in [3.8, 4) is 0 Å². The van der Waals surface area contributed by atoms with Gasteiger partial charge in [-0.05, 0) is 43.7 Å². The molecule has 0 fully saturated rings. The first-order valence-electron chi connectivity index (χ1n) is 11.3. The number of H-pyrrole nitrogens is 1. The Morgan fingerprint density at radius 2 is 1.91 bits per heavy atom. The van der Waals surface area contributed by atoms with Gasteiger partial charge in [0, 0.05) is 41.7 Å². The zero-order valence-corrected chi connectivity index (χ0v) is 19.9. The van der Waals surface area contributed by atoms with Crippen molar-refractivity contribution in [3.63, 3.8) is 0 Å². The molecule has 0 aliphatic carbocycles. The van der Waals surface area contributed by atoms with Crippen LogP contribution in [0.2, 0.25) is 0 Å². The van der Waals surface area contributed by atoms with Gasteiger partial charge in [0.25, 0.3) is 5.91 Å². The molecule has 0 spiro atoms. The molecule has 2 aromatic carbocycles. The van der Waals surface area contributed by atoms with Crippen LogP contribution in [0.25, 0.3) is 27.5 Å². The minimum absolute atomic E-state index is 0.218. The Hall–Kier alpha value is -3.94. The molecule has 8 nitrogen and oxygen atoms in total. The number of nitrogens with zero attached hydrogens (tertiary/aromatic N) is 4. The van der Waals surface area contributed by atoms with Crippen molar-refractivity contribution in [2.24, 2.45) is 7.05 Å². The molecule has 34 heavy (non-hydrogen) atoms. The third-order valence-electron chi connectivity index (χ3n) is 6.18. The Morgan fingerprint density at radius 3 is 2.68 bits per heavy atom. The SMILES string of the molecule is CC(C)OC(=O)C1=CN(C(=O)c2ccc3c(c2)nnn3C)CC(C)(C)c2c1[nH]c1ccccc21. The lowest BCUT2D eigenvalue weighted by Gasteiger charge is -2.29. The highest BCUT2D eigenvalue weighted by Crippen LogP contribution is 2.40. The van der Waals surface area contributed by atoms with E-state index in [4.69, 9.17) is 4.74 Å². The van der Waals surface area contributed by atoms with Crippen molar-refractivity contribution in [1.29, 1.82) is 0 Å². The van der Waals surface area contributed by atoms with Crippen molar-refractivity contribution in [2.75, 3.05) is 6.54 Å². The zero-order valence-electron chi connectivity index (χ0n) is 19.9. The van der Waals surface area contributed by atoms with Gasteiger partial charge in [-0.2, -0.15) is 0 Å². The maximum Gasteiger partial charge on any atom is 0.342 e. The van der Waals surface area contributed by atoms with Gasteiger partial charge < -0.3 is 14.6 Å². The molecule has 1 N–H and O–H groups in total. The number of aromatic amines is 1. The summed E-state index contributed by atoms with van der Waals surface area (Å²) in [6.45, 7) is 8.18. The number of aryl methyl sites for hydroxylation is 1. The number of ether oxygens (including phenoxy) is 1. The van der Waals surface area contributed by atoms with Crippen LogP contribution in [0.5, 0.6) is 0 Å². The van der Waals surface area contributed by atoms with Crippen LogP contribution in [0.15, 0.2) is 48.7 Å². The lowest BCUT2D eigenvalue weighted by atomic mass is 9.81. The lowest BCUT2D eigenvalue weighted by molar-refractivity contribution is -0.140. The summed E-state index contributed by atoms with van der Waals surface area (Å²) in [5.41, 5.74) is 4.47. The van der Waals surface area contributed by atoms with Crippen molar-refractivity contribution >= 4 is 39.4 Å². The first kappa shape index (κ1) is 21.9. The van der Waals surface area contributed by atoms with Crippen LogP contribution >= 0.6 is 0 Å². The molecule has 2 aromatic heterocycles. The summed E-state index contributed by atoms with van der Waals surface area (Å²) >= 11 is 0. The van der Waals surface area contributed by atoms with E-state index in [-0.39, 0.29) is 12.0 Å². The molecule has 3 heterocycles. The van der Waals surface area contributed by atoms with Gasteiger partial charge in [-0.25, -0.2) is 9.48 Å². The Balaban J connectivity index is 1.65.